The first kappa shape index (κ1) is 12.1. The maximum atomic E-state index is 10.5. The van der Waals surface area contributed by atoms with Gasteiger partial charge < -0.3 is 8.92 Å². The predicted octanol–water partition coefficient (Wildman–Crippen LogP) is 2.56. The molecule has 0 amide bonds. The molecule has 15 heavy (non-hydrogen) atoms. The van der Waals surface area contributed by atoms with Crippen LogP contribution in [0.3, 0.4) is 0 Å². The first-order chi connectivity index (χ1) is 7.36. The Bertz CT molecular complexity index is 302. The number of ether oxygens (including phenoxy) is 1. The molecule has 1 rings (SSSR count). The molecule has 1 aromatic rings. The van der Waals surface area contributed by atoms with Crippen molar-refractivity contribution in [1.82, 2.24) is 0 Å². The second kappa shape index (κ2) is 7.31. The van der Waals surface area contributed by atoms with Crippen molar-refractivity contribution >= 4 is 18.3 Å². The van der Waals surface area contributed by atoms with Crippen molar-refractivity contribution in [3.63, 3.8) is 0 Å². The van der Waals surface area contributed by atoms with E-state index in [1.54, 1.807) is 18.2 Å². The normalized spacial score (nSPS) is 9.93. The lowest BCUT2D eigenvalue weighted by Crippen LogP contribution is -2.00. The third-order valence-electron chi connectivity index (χ3n) is 1.75. The van der Waals surface area contributed by atoms with Crippen molar-refractivity contribution in [3.05, 3.63) is 29.8 Å². The Labute approximate surface area is 94.0 Å². The summed E-state index contributed by atoms with van der Waals surface area (Å²) in [6.45, 7) is 1.28. The zero-order valence-electron chi connectivity index (χ0n) is 8.64. The van der Waals surface area contributed by atoms with E-state index in [9.17, 15) is 4.79 Å². The number of hydrogen-bond acceptors (Lipinski definition) is 4. The summed E-state index contributed by atoms with van der Waals surface area (Å²) in [4.78, 5) is 10.5. The standard InChI is InChI=1S/C11H14O3S/c1-15-14-7-3-6-13-11-5-2-4-10(8-11)9-12/h2,4-5,8-9H,3,6-7H2,1H3. The van der Waals surface area contributed by atoms with Gasteiger partial charge in [-0.15, -0.1) is 0 Å². The molecular weight excluding hydrogens is 212 g/mol. The molecule has 0 aliphatic rings. The second-order valence-electron chi connectivity index (χ2n) is 2.88. The van der Waals surface area contributed by atoms with Gasteiger partial charge in [-0.1, -0.05) is 12.1 Å². The summed E-state index contributed by atoms with van der Waals surface area (Å²) in [5.41, 5.74) is 0.632. The fourth-order valence-corrected chi connectivity index (χ4v) is 1.35. The largest absolute Gasteiger partial charge is 0.493 e. The lowest BCUT2D eigenvalue weighted by atomic mass is 10.2. The van der Waals surface area contributed by atoms with E-state index in [2.05, 4.69) is 0 Å². The molecule has 0 N–H and O–H groups in total. The minimum atomic E-state index is 0.600. The number of benzene rings is 1. The summed E-state index contributed by atoms with van der Waals surface area (Å²) in [6.07, 6.45) is 3.53. The van der Waals surface area contributed by atoms with Gasteiger partial charge in [0.05, 0.1) is 13.2 Å². The molecule has 1 aromatic carbocycles. The average molecular weight is 226 g/mol. The van der Waals surface area contributed by atoms with Crippen LogP contribution in [0.2, 0.25) is 0 Å². The van der Waals surface area contributed by atoms with Crippen LogP contribution in [0.4, 0.5) is 0 Å². The summed E-state index contributed by atoms with van der Waals surface area (Å²) in [5.74, 6) is 0.726. The zero-order chi connectivity index (χ0) is 10.9. The third kappa shape index (κ3) is 4.85. The van der Waals surface area contributed by atoms with Crippen molar-refractivity contribution in [1.29, 1.82) is 0 Å². The topological polar surface area (TPSA) is 35.5 Å². The van der Waals surface area contributed by atoms with Gasteiger partial charge in [0.2, 0.25) is 0 Å². The molecule has 0 radical (unpaired) electrons. The van der Waals surface area contributed by atoms with Gasteiger partial charge in [0.1, 0.15) is 12.0 Å². The summed E-state index contributed by atoms with van der Waals surface area (Å²) in [7, 11) is 0. The molecule has 0 saturated heterocycles. The highest BCUT2D eigenvalue weighted by Crippen LogP contribution is 2.12. The molecule has 0 unspecified atom stereocenters. The molecule has 0 saturated carbocycles. The van der Waals surface area contributed by atoms with E-state index in [0.29, 0.717) is 18.8 Å². The van der Waals surface area contributed by atoms with E-state index in [0.717, 1.165) is 18.5 Å². The second-order valence-corrected chi connectivity index (χ2v) is 3.45. The van der Waals surface area contributed by atoms with E-state index in [4.69, 9.17) is 8.92 Å². The van der Waals surface area contributed by atoms with Gasteiger partial charge in [0, 0.05) is 18.2 Å². The monoisotopic (exact) mass is 226 g/mol. The third-order valence-corrected chi connectivity index (χ3v) is 2.16. The molecule has 3 nitrogen and oxygen atoms in total. The van der Waals surface area contributed by atoms with Gasteiger partial charge in [-0.25, -0.2) is 0 Å². The van der Waals surface area contributed by atoms with Gasteiger partial charge in [-0.05, 0) is 24.2 Å². The molecule has 0 atom stereocenters. The van der Waals surface area contributed by atoms with Crippen LogP contribution >= 0.6 is 12.0 Å². The van der Waals surface area contributed by atoms with E-state index in [1.165, 1.54) is 12.0 Å². The van der Waals surface area contributed by atoms with Gasteiger partial charge in [0.15, 0.2) is 0 Å². The van der Waals surface area contributed by atoms with Crippen LogP contribution in [0.25, 0.3) is 0 Å². The molecule has 0 fully saturated rings. The molecular formula is C11H14O3S. The molecule has 4 heteroatoms. The highest BCUT2D eigenvalue weighted by molar-refractivity contribution is 7.93. The molecule has 82 valence electrons. The Hall–Kier alpha value is -1.00. The SMILES string of the molecule is CSOCCCOc1cccc(C=O)c1. The minimum Gasteiger partial charge on any atom is -0.493 e. The van der Waals surface area contributed by atoms with Crippen LogP contribution in [0, 0.1) is 0 Å². The van der Waals surface area contributed by atoms with Crippen LogP contribution in [-0.2, 0) is 4.18 Å². The van der Waals surface area contributed by atoms with E-state index >= 15 is 0 Å². The Morgan fingerprint density at radius 3 is 3.00 bits per heavy atom. The van der Waals surface area contributed by atoms with Crippen LogP contribution in [0.15, 0.2) is 24.3 Å². The van der Waals surface area contributed by atoms with Crippen molar-refractivity contribution in [2.75, 3.05) is 19.5 Å². The number of aldehydes is 1. The van der Waals surface area contributed by atoms with Crippen LogP contribution in [0.1, 0.15) is 16.8 Å². The number of rotatable bonds is 7. The average Bonchev–Trinajstić information content (AvgIpc) is 2.29. The van der Waals surface area contributed by atoms with Crippen molar-refractivity contribution < 1.29 is 13.7 Å². The summed E-state index contributed by atoms with van der Waals surface area (Å²) < 4.78 is 10.5. The molecule has 0 heterocycles. The van der Waals surface area contributed by atoms with Gasteiger partial charge in [-0.2, -0.15) is 0 Å². The zero-order valence-corrected chi connectivity index (χ0v) is 9.46. The van der Waals surface area contributed by atoms with E-state index < -0.39 is 0 Å². The highest BCUT2D eigenvalue weighted by atomic mass is 32.2. The van der Waals surface area contributed by atoms with E-state index in [-0.39, 0.29) is 0 Å². The first-order valence-corrected chi connectivity index (χ1v) is 5.85. The lowest BCUT2D eigenvalue weighted by molar-refractivity contribution is 0.112. The fourth-order valence-electron chi connectivity index (χ4n) is 1.07. The predicted molar refractivity (Wildman–Crippen MR) is 61.4 cm³/mol. The highest BCUT2D eigenvalue weighted by Gasteiger charge is 1.95. The minimum absolute atomic E-state index is 0.600. The number of carbonyl (C=O) groups excluding carboxylic acids is 1. The fraction of sp³-hybridized carbons (Fsp3) is 0.364. The van der Waals surface area contributed by atoms with Crippen molar-refractivity contribution in [3.8, 4) is 5.75 Å². The van der Waals surface area contributed by atoms with Gasteiger partial charge >= 0.3 is 0 Å². The summed E-state index contributed by atoms with van der Waals surface area (Å²) >= 11 is 1.35. The molecule has 0 aliphatic carbocycles. The van der Waals surface area contributed by atoms with Crippen LogP contribution in [-0.4, -0.2) is 25.8 Å². The Morgan fingerprint density at radius 1 is 1.40 bits per heavy atom. The summed E-state index contributed by atoms with van der Waals surface area (Å²) in [5, 5.41) is 0. The van der Waals surface area contributed by atoms with Crippen molar-refractivity contribution in [2.45, 2.75) is 6.42 Å². The summed E-state index contributed by atoms with van der Waals surface area (Å²) in [6, 6.07) is 7.11. The number of carbonyl (C=O) groups is 1. The Kier molecular flexibility index (Phi) is 5.88. The van der Waals surface area contributed by atoms with Crippen molar-refractivity contribution in [2.24, 2.45) is 0 Å². The smallest absolute Gasteiger partial charge is 0.150 e. The van der Waals surface area contributed by atoms with Crippen LogP contribution < -0.4 is 4.74 Å². The molecule has 0 aliphatic heterocycles. The maximum Gasteiger partial charge on any atom is 0.150 e. The molecule has 0 spiro atoms. The van der Waals surface area contributed by atoms with Crippen LogP contribution in [0.5, 0.6) is 5.75 Å². The van der Waals surface area contributed by atoms with Gasteiger partial charge in [0.25, 0.3) is 0 Å². The van der Waals surface area contributed by atoms with E-state index in [1.807, 2.05) is 12.3 Å². The molecule has 0 bridgehead atoms. The Balaban J connectivity index is 2.27. The maximum absolute atomic E-state index is 10.5. The Morgan fingerprint density at radius 2 is 2.27 bits per heavy atom. The number of hydrogen-bond donors (Lipinski definition) is 0. The molecule has 0 aromatic heterocycles. The quantitative estimate of drug-likeness (QED) is 0.406. The lowest BCUT2D eigenvalue weighted by Gasteiger charge is -2.05. The van der Waals surface area contributed by atoms with Gasteiger partial charge in [-0.3, -0.25) is 4.79 Å². The first-order valence-electron chi connectivity index (χ1n) is 4.70.